The van der Waals surface area contributed by atoms with E-state index in [1.807, 2.05) is 13.8 Å². The molecule has 0 bridgehead atoms. The maximum Gasteiger partial charge on any atom is 0.323 e. The van der Waals surface area contributed by atoms with E-state index in [0.29, 0.717) is 13.0 Å². The lowest BCUT2D eigenvalue weighted by Crippen LogP contribution is -2.37. The summed E-state index contributed by atoms with van der Waals surface area (Å²) in [7, 11) is 0. The molecule has 1 atom stereocenters. The molecule has 1 saturated heterocycles. The van der Waals surface area contributed by atoms with E-state index in [-0.39, 0.29) is 5.91 Å². The van der Waals surface area contributed by atoms with Crippen LogP contribution in [-0.4, -0.2) is 36.4 Å². The van der Waals surface area contributed by atoms with Crippen LogP contribution in [-0.2, 0) is 9.59 Å². The number of carbonyl (C=O) groups excluding carboxylic acids is 2. The van der Waals surface area contributed by atoms with Crippen molar-refractivity contribution in [3.63, 3.8) is 0 Å². The summed E-state index contributed by atoms with van der Waals surface area (Å²) < 4.78 is 31.4. The van der Waals surface area contributed by atoms with Gasteiger partial charge in [-0.3, -0.25) is 9.59 Å². The Labute approximate surface area is 93.6 Å². The summed E-state index contributed by atoms with van der Waals surface area (Å²) in [5.41, 5.74) is 0. The molecule has 1 fully saturated rings. The maximum atomic E-state index is 12.2. The van der Waals surface area contributed by atoms with Crippen molar-refractivity contribution in [2.45, 2.75) is 39.7 Å². The van der Waals surface area contributed by atoms with Crippen molar-refractivity contribution in [2.24, 2.45) is 0 Å². The van der Waals surface area contributed by atoms with Crippen molar-refractivity contribution >= 4 is 11.9 Å². The molecule has 1 heterocycles. The molecule has 0 aromatic carbocycles. The zero-order chi connectivity index (χ0) is 13.1. The van der Waals surface area contributed by atoms with Gasteiger partial charge < -0.3 is 4.90 Å². The number of halogens is 3. The van der Waals surface area contributed by atoms with Crippen LogP contribution in [0, 0.1) is 0 Å². The van der Waals surface area contributed by atoms with Gasteiger partial charge in [-0.15, -0.1) is 0 Å². The summed E-state index contributed by atoms with van der Waals surface area (Å²) in [5.74, 6) is -0.224. The van der Waals surface area contributed by atoms with Gasteiger partial charge in [-0.25, -0.2) is 8.78 Å². The smallest absolute Gasteiger partial charge is 0.323 e. The third-order valence-corrected chi connectivity index (χ3v) is 1.92. The predicted molar refractivity (Wildman–Crippen MR) is 55.0 cm³/mol. The summed E-state index contributed by atoms with van der Waals surface area (Å²) in [5, 5.41) is 0. The molecule has 0 radical (unpaired) electrons. The average Bonchev–Trinajstić information content (AvgIpc) is 2.70. The first kappa shape index (κ1) is 17.3. The molecule has 0 spiro atoms. The molecule has 1 aliphatic heterocycles. The third kappa shape index (κ3) is 6.42. The second-order valence-electron chi connectivity index (χ2n) is 2.78. The van der Waals surface area contributed by atoms with E-state index in [1.165, 1.54) is 11.8 Å². The molecule has 96 valence electrons. The summed E-state index contributed by atoms with van der Waals surface area (Å²) >= 11 is 0. The topological polar surface area (TPSA) is 37.4 Å². The minimum absolute atomic E-state index is 0.224. The van der Waals surface area contributed by atoms with Crippen LogP contribution in [0.1, 0.15) is 33.6 Å². The monoisotopic (exact) mass is 241 g/mol. The Morgan fingerprint density at radius 2 is 1.75 bits per heavy atom. The number of carbonyl (C=O) groups is 2. The zero-order valence-electron chi connectivity index (χ0n) is 9.80. The fourth-order valence-corrected chi connectivity index (χ4v) is 1.38. The highest BCUT2D eigenvalue weighted by Gasteiger charge is 2.32. The lowest BCUT2D eigenvalue weighted by Gasteiger charge is -2.18. The number of amides is 1. The first-order valence-electron chi connectivity index (χ1n) is 5.13. The van der Waals surface area contributed by atoms with Gasteiger partial charge in [-0.2, -0.15) is 4.39 Å². The molecule has 16 heavy (non-hydrogen) atoms. The fraction of sp³-hybridized carbons (Fsp3) is 0.800. The Bertz CT molecular complexity index is 192. The van der Waals surface area contributed by atoms with E-state index in [2.05, 4.69) is 0 Å². The molecule has 0 saturated carbocycles. The highest BCUT2D eigenvalue weighted by atomic mass is 19.3. The van der Waals surface area contributed by atoms with Gasteiger partial charge in [0.2, 0.25) is 12.8 Å². The molecule has 1 amide bonds. The normalized spacial score (nSPS) is 17.9. The van der Waals surface area contributed by atoms with Crippen LogP contribution in [0.3, 0.4) is 0 Å². The summed E-state index contributed by atoms with van der Waals surface area (Å²) in [4.78, 5) is 22.3. The van der Waals surface area contributed by atoms with Crippen LogP contribution in [0.2, 0.25) is 0 Å². The molecule has 0 aromatic heterocycles. The Hall–Kier alpha value is -1.07. The van der Waals surface area contributed by atoms with Crippen molar-refractivity contribution in [3.8, 4) is 0 Å². The van der Waals surface area contributed by atoms with Crippen LogP contribution in [0.4, 0.5) is 13.2 Å². The average molecular weight is 241 g/mol. The van der Waals surface area contributed by atoms with Crippen LogP contribution in [0.5, 0.6) is 0 Å². The van der Waals surface area contributed by atoms with E-state index >= 15 is 0 Å². The van der Waals surface area contributed by atoms with E-state index in [0.717, 1.165) is 6.42 Å². The van der Waals surface area contributed by atoms with Crippen molar-refractivity contribution in [1.82, 2.24) is 4.90 Å². The molecule has 1 aliphatic rings. The highest BCUT2D eigenvalue weighted by Crippen LogP contribution is 2.17. The standard InChI is InChI=1S/C7H10FNO2.C2H6.CH2F2/c1-5(10)9-4-2-3-6(9)7(8)11;1-2;2-1-3/h6H,2-4H2,1H3;1-2H3;1H2. The van der Waals surface area contributed by atoms with Gasteiger partial charge in [0, 0.05) is 13.5 Å². The number of likely N-dealkylation sites (tertiary alicyclic amines) is 1. The molecular formula is C10H18F3NO2. The van der Waals surface area contributed by atoms with E-state index in [1.54, 1.807) is 0 Å². The first-order valence-corrected chi connectivity index (χ1v) is 5.13. The second kappa shape index (κ2) is 10.4. The number of rotatable bonds is 1. The van der Waals surface area contributed by atoms with E-state index < -0.39 is 19.0 Å². The number of nitrogens with zero attached hydrogens (tertiary/aromatic N) is 1. The fourth-order valence-electron chi connectivity index (χ4n) is 1.38. The Morgan fingerprint density at radius 1 is 1.31 bits per heavy atom. The molecule has 0 aromatic rings. The first-order chi connectivity index (χ1) is 7.54. The van der Waals surface area contributed by atoms with Crippen molar-refractivity contribution < 1.29 is 22.8 Å². The molecule has 1 rings (SSSR count). The molecule has 3 nitrogen and oxygen atoms in total. The van der Waals surface area contributed by atoms with Crippen LogP contribution in [0.25, 0.3) is 0 Å². The molecule has 0 aliphatic carbocycles. The van der Waals surface area contributed by atoms with Crippen LogP contribution < -0.4 is 0 Å². The van der Waals surface area contributed by atoms with Gasteiger partial charge in [0.1, 0.15) is 6.04 Å². The van der Waals surface area contributed by atoms with Crippen LogP contribution in [0.15, 0.2) is 0 Å². The summed E-state index contributed by atoms with van der Waals surface area (Å²) in [6, 6.07) is -2.19. The maximum absolute atomic E-state index is 12.2. The van der Waals surface area contributed by atoms with Gasteiger partial charge in [0.25, 0.3) is 0 Å². The lowest BCUT2D eigenvalue weighted by molar-refractivity contribution is -0.141. The molecule has 6 heteroatoms. The Balaban J connectivity index is 0. The highest BCUT2D eigenvalue weighted by molar-refractivity contribution is 5.83. The predicted octanol–water partition coefficient (Wildman–Crippen LogP) is 2.40. The third-order valence-electron chi connectivity index (χ3n) is 1.92. The molecular weight excluding hydrogens is 223 g/mol. The number of hydrogen-bond donors (Lipinski definition) is 0. The minimum Gasteiger partial charge on any atom is -0.330 e. The molecule has 1 unspecified atom stereocenters. The van der Waals surface area contributed by atoms with Gasteiger partial charge in [0.15, 0.2) is 0 Å². The quantitative estimate of drug-likeness (QED) is 0.661. The van der Waals surface area contributed by atoms with Crippen LogP contribution >= 0.6 is 0 Å². The summed E-state index contributed by atoms with van der Waals surface area (Å²) in [6.07, 6.45) is 1.19. The Morgan fingerprint density at radius 3 is 2.00 bits per heavy atom. The van der Waals surface area contributed by atoms with Gasteiger partial charge in [-0.05, 0) is 12.8 Å². The number of alkyl halides is 2. The van der Waals surface area contributed by atoms with E-state index in [9.17, 15) is 22.8 Å². The van der Waals surface area contributed by atoms with Gasteiger partial charge in [0.05, 0.1) is 0 Å². The van der Waals surface area contributed by atoms with Gasteiger partial charge in [-0.1, -0.05) is 13.8 Å². The minimum atomic E-state index is -1.75. The van der Waals surface area contributed by atoms with Crippen molar-refractivity contribution in [3.05, 3.63) is 0 Å². The lowest BCUT2D eigenvalue weighted by atomic mass is 10.2. The van der Waals surface area contributed by atoms with E-state index in [4.69, 9.17) is 0 Å². The Kier molecular flexibility index (Phi) is 11.3. The zero-order valence-corrected chi connectivity index (χ0v) is 9.80. The SMILES string of the molecule is CC.CC(=O)N1CCCC1C(=O)F.FCF. The second-order valence-corrected chi connectivity index (χ2v) is 2.78. The van der Waals surface area contributed by atoms with Gasteiger partial charge >= 0.3 is 6.04 Å². The summed E-state index contributed by atoms with van der Waals surface area (Å²) in [6.45, 7) is 4.11. The van der Waals surface area contributed by atoms with Crippen molar-refractivity contribution in [2.75, 3.05) is 13.5 Å². The molecule has 0 N–H and O–H groups in total. The van der Waals surface area contributed by atoms with Crippen molar-refractivity contribution in [1.29, 1.82) is 0 Å². The number of hydrogen-bond acceptors (Lipinski definition) is 2. The largest absolute Gasteiger partial charge is 0.330 e.